The SMILES string of the molecule is Cc1ccc(F)c(C2(C(=O)Nc3ccc(-c4cnc5nc4NCCCNSc4cccc(c4)N5)cc3F)CCCC2)c1. The van der Waals surface area contributed by atoms with Gasteiger partial charge >= 0.3 is 0 Å². The Morgan fingerprint density at radius 3 is 2.67 bits per heavy atom. The first-order valence-corrected chi connectivity index (χ1v) is 15.0. The summed E-state index contributed by atoms with van der Waals surface area (Å²) in [4.78, 5) is 23.9. The van der Waals surface area contributed by atoms with Crippen molar-refractivity contribution < 1.29 is 13.6 Å². The van der Waals surface area contributed by atoms with E-state index >= 15 is 4.39 Å². The zero-order chi connectivity index (χ0) is 29.1. The number of halogens is 2. The number of nitrogens with zero attached hydrogens (tertiary/aromatic N) is 2. The number of amides is 1. The summed E-state index contributed by atoms with van der Waals surface area (Å²) < 4.78 is 33.8. The number of aryl methyl sites for hydroxylation is 1. The van der Waals surface area contributed by atoms with Crippen LogP contribution in [-0.4, -0.2) is 29.0 Å². The van der Waals surface area contributed by atoms with Crippen LogP contribution in [0, 0.1) is 18.6 Å². The molecule has 0 spiro atoms. The highest BCUT2D eigenvalue weighted by molar-refractivity contribution is 7.97. The lowest BCUT2D eigenvalue weighted by Gasteiger charge is -2.29. The zero-order valence-electron chi connectivity index (χ0n) is 23.3. The second-order valence-electron chi connectivity index (χ2n) is 10.8. The van der Waals surface area contributed by atoms with Crippen molar-refractivity contribution in [3.8, 4) is 11.1 Å². The van der Waals surface area contributed by atoms with E-state index in [0.29, 0.717) is 47.8 Å². The van der Waals surface area contributed by atoms with E-state index in [9.17, 15) is 9.18 Å². The number of carbonyl (C=O) groups excluding carboxylic acids is 1. The van der Waals surface area contributed by atoms with Gasteiger partial charge in [-0.15, -0.1) is 0 Å². The first-order valence-electron chi connectivity index (χ1n) is 14.2. The van der Waals surface area contributed by atoms with E-state index in [0.717, 1.165) is 42.0 Å². The van der Waals surface area contributed by atoms with Gasteiger partial charge in [0.15, 0.2) is 0 Å². The van der Waals surface area contributed by atoms with Crippen molar-refractivity contribution >= 4 is 41.0 Å². The number of carbonyl (C=O) groups is 1. The minimum atomic E-state index is -1.02. The Kier molecular flexibility index (Phi) is 8.08. The minimum Gasteiger partial charge on any atom is -0.369 e. The number of fused-ring (bicyclic) bond motifs is 4. The van der Waals surface area contributed by atoms with Gasteiger partial charge in [-0.2, -0.15) is 4.98 Å². The molecule has 2 heterocycles. The normalized spacial score (nSPS) is 16.3. The van der Waals surface area contributed by atoms with Crippen LogP contribution in [0.15, 0.2) is 71.8 Å². The maximum atomic E-state index is 15.5. The van der Waals surface area contributed by atoms with Crippen molar-refractivity contribution in [3.05, 3.63) is 89.6 Å². The molecular weight excluding hydrogens is 554 g/mol. The predicted octanol–water partition coefficient (Wildman–Crippen LogP) is 7.34. The van der Waals surface area contributed by atoms with E-state index in [4.69, 9.17) is 0 Å². The highest BCUT2D eigenvalue weighted by Crippen LogP contribution is 2.43. The highest BCUT2D eigenvalue weighted by Gasteiger charge is 2.44. The van der Waals surface area contributed by atoms with E-state index in [1.54, 1.807) is 42.4 Å². The van der Waals surface area contributed by atoms with Gasteiger partial charge in [0, 0.05) is 41.0 Å². The molecule has 3 aromatic carbocycles. The van der Waals surface area contributed by atoms with Crippen LogP contribution in [-0.2, 0) is 10.2 Å². The molecule has 7 nitrogen and oxygen atoms in total. The Labute approximate surface area is 248 Å². The van der Waals surface area contributed by atoms with Crippen LogP contribution >= 0.6 is 11.9 Å². The van der Waals surface area contributed by atoms with E-state index in [2.05, 4.69) is 30.6 Å². The number of aromatic nitrogens is 2. The summed E-state index contributed by atoms with van der Waals surface area (Å²) in [6, 6.07) is 17.5. The van der Waals surface area contributed by atoms with Crippen molar-refractivity contribution in [1.29, 1.82) is 0 Å². The summed E-state index contributed by atoms with van der Waals surface area (Å²) in [6.45, 7) is 3.32. The van der Waals surface area contributed by atoms with Crippen LogP contribution in [0.3, 0.4) is 0 Å². The molecule has 0 radical (unpaired) electrons. The number of anilines is 4. The van der Waals surface area contributed by atoms with Crippen LogP contribution in [0.1, 0.15) is 43.2 Å². The predicted molar refractivity (Wildman–Crippen MR) is 164 cm³/mol. The van der Waals surface area contributed by atoms with Crippen molar-refractivity contribution in [1.82, 2.24) is 14.7 Å². The number of hydrogen-bond donors (Lipinski definition) is 4. The zero-order valence-corrected chi connectivity index (χ0v) is 24.1. The van der Waals surface area contributed by atoms with E-state index in [1.165, 1.54) is 12.1 Å². The quantitative estimate of drug-likeness (QED) is 0.186. The summed E-state index contributed by atoms with van der Waals surface area (Å²) in [5, 5.41) is 9.38. The van der Waals surface area contributed by atoms with Gasteiger partial charge in [-0.3, -0.25) is 9.52 Å². The first kappa shape index (κ1) is 28.1. The summed E-state index contributed by atoms with van der Waals surface area (Å²) in [6.07, 6.45) is 5.16. The Hall–Kier alpha value is -4.02. The molecule has 1 saturated carbocycles. The fourth-order valence-electron chi connectivity index (χ4n) is 5.69. The van der Waals surface area contributed by atoms with Crippen LogP contribution in [0.5, 0.6) is 0 Å². The lowest BCUT2D eigenvalue weighted by molar-refractivity contribution is -0.121. The van der Waals surface area contributed by atoms with Gasteiger partial charge in [0.25, 0.3) is 0 Å². The van der Waals surface area contributed by atoms with Crippen LogP contribution in [0.4, 0.5) is 31.9 Å². The molecule has 4 bridgehead atoms. The largest absolute Gasteiger partial charge is 0.369 e. The summed E-state index contributed by atoms with van der Waals surface area (Å²) in [7, 11) is 0. The molecule has 1 aliphatic carbocycles. The van der Waals surface area contributed by atoms with Gasteiger partial charge in [0.1, 0.15) is 17.5 Å². The summed E-state index contributed by atoms with van der Waals surface area (Å²) in [5.41, 5.74) is 2.35. The molecule has 0 atom stereocenters. The lowest BCUT2D eigenvalue weighted by atomic mass is 9.77. The molecule has 216 valence electrons. The third-order valence-electron chi connectivity index (χ3n) is 7.87. The number of nitrogens with one attached hydrogen (secondary N) is 4. The maximum absolute atomic E-state index is 15.5. The second kappa shape index (κ2) is 12.1. The first-order chi connectivity index (χ1) is 20.4. The molecule has 6 rings (SSSR count). The topological polar surface area (TPSA) is 91.0 Å². The van der Waals surface area contributed by atoms with E-state index in [-0.39, 0.29) is 11.6 Å². The number of benzene rings is 3. The Morgan fingerprint density at radius 2 is 1.83 bits per heavy atom. The Balaban J connectivity index is 1.27. The van der Waals surface area contributed by atoms with Gasteiger partial charge in [-0.25, -0.2) is 13.8 Å². The third-order valence-corrected chi connectivity index (χ3v) is 8.71. The molecule has 0 unspecified atom stereocenters. The molecule has 1 amide bonds. The molecule has 1 aromatic heterocycles. The van der Waals surface area contributed by atoms with Crippen molar-refractivity contribution in [2.24, 2.45) is 0 Å². The van der Waals surface area contributed by atoms with Crippen molar-refractivity contribution in [3.63, 3.8) is 0 Å². The molecule has 10 heteroatoms. The Bertz CT molecular complexity index is 1620. The molecular formula is C32H32F2N6OS. The van der Waals surface area contributed by atoms with Gasteiger partial charge in [0.2, 0.25) is 11.9 Å². The molecule has 1 aliphatic heterocycles. The monoisotopic (exact) mass is 586 g/mol. The second-order valence-corrected chi connectivity index (χ2v) is 11.8. The molecule has 0 saturated heterocycles. The minimum absolute atomic E-state index is 0.0543. The highest BCUT2D eigenvalue weighted by atomic mass is 32.2. The van der Waals surface area contributed by atoms with Gasteiger partial charge in [0.05, 0.1) is 11.1 Å². The fraction of sp³-hybridized carbons (Fsp3) is 0.281. The van der Waals surface area contributed by atoms with Crippen LogP contribution < -0.4 is 20.7 Å². The fourth-order valence-corrected chi connectivity index (χ4v) is 6.43. The molecule has 4 N–H and O–H groups in total. The van der Waals surface area contributed by atoms with Gasteiger partial charge in [-0.1, -0.05) is 42.7 Å². The van der Waals surface area contributed by atoms with Crippen LogP contribution in [0.25, 0.3) is 11.1 Å². The third kappa shape index (κ3) is 5.82. The van der Waals surface area contributed by atoms with Crippen LogP contribution in [0.2, 0.25) is 0 Å². The van der Waals surface area contributed by atoms with Gasteiger partial charge < -0.3 is 16.0 Å². The molecule has 2 aliphatic rings. The van der Waals surface area contributed by atoms with E-state index < -0.39 is 17.0 Å². The van der Waals surface area contributed by atoms with Crippen molar-refractivity contribution in [2.75, 3.05) is 29.0 Å². The average Bonchev–Trinajstić information content (AvgIpc) is 3.49. The summed E-state index contributed by atoms with van der Waals surface area (Å²) in [5.74, 6) is -0.381. The molecule has 1 fully saturated rings. The number of rotatable bonds is 4. The van der Waals surface area contributed by atoms with Gasteiger partial charge in [-0.05, 0) is 80.1 Å². The standard InChI is InChI=1S/C32H32F2N6OS/c1-20-8-10-26(33)25(16-20)32(12-2-3-13-32)30(41)39-28-11-9-21(17-27(28)34)24-19-36-31-38-22-6-4-7-23(18-22)42-37-15-5-14-35-29(24)40-31/h4,6-11,16-19,37H,2-3,5,12-15H2,1H3,(H,39,41)(H2,35,36,38,40). The van der Waals surface area contributed by atoms with Crippen molar-refractivity contribution in [2.45, 2.75) is 49.3 Å². The molecule has 42 heavy (non-hydrogen) atoms. The summed E-state index contributed by atoms with van der Waals surface area (Å²) >= 11 is 1.57. The smallest absolute Gasteiger partial charge is 0.235 e. The van der Waals surface area contributed by atoms with E-state index in [1.807, 2.05) is 31.2 Å². The number of hydrogen-bond acceptors (Lipinski definition) is 7. The Morgan fingerprint density at radius 1 is 0.976 bits per heavy atom. The maximum Gasteiger partial charge on any atom is 0.235 e. The molecule has 4 aromatic rings. The average molecular weight is 587 g/mol. The lowest BCUT2D eigenvalue weighted by Crippen LogP contribution is -2.39.